The molecule has 1 aliphatic rings. The maximum Gasteiger partial charge on any atom is 0.338 e. The minimum Gasteiger partial charge on any atom is -0.459 e. The summed E-state index contributed by atoms with van der Waals surface area (Å²) in [7, 11) is 0. The summed E-state index contributed by atoms with van der Waals surface area (Å²) in [5, 5.41) is 4.15. The number of rotatable bonds is 8. The Bertz CT molecular complexity index is 1870. The van der Waals surface area contributed by atoms with Gasteiger partial charge in [-0.25, -0.2) is 19.4 Å². The Morgan fingerprint density at radius 1 is 0.795 bits per heavy atom. The number of esters is 3. The van der Waals surface area contributed by atoms with Crippen LogP contribution in [-0.2, 0) is 18.9 Å². The summed E-state index contributed by atoms with van der Waals surface area (Å²) in [6.45, 7) is -0.419. The molecule has 44 heavy (non-hydrogen) atoms. The molecule has 6 rings (SSSR count). The summed E-state index contributed by atoms with van der Waals surface area (Å²) in [6, 6.07) is 24.5. The average Bonchev–Trinajstić information content (AvgIpc) is 3.67. The molecule has 3 heterocycles. The van der Waals surface area contributed by atoms with Crippen molar-refractivity contribution in [1.82, 2.24) is 14.8 Å². The summed E-state index contributed by atoms with van der Waals surface area (Å²) in [5.74, 6) is -2.19. The van der Waals surface area contributed by atoms with Crippen LogP contribution in [0.25, 0.3) is 10.3 Å². The molecule has 0 N–H and O–H groups in total. The van der Waals surface area contributed by atoms with E-state index in [1.54, 1.807) is 91.0 Å². The third-order valence-corrected chi connectivity index (χ3v) is 8.06. The quantitative estimate of drug-likeness (QED) is 0.175. The van der Waals surface area contributed by atoms with Gasteiger partial charge in [0.05, 0.1) is 26.9 Å². The number of hydrogen-bond donors (Lipinski definition) is 0. The maximum atomic E-state index is 13.4. The Morgan fingerprint density at radius 3 is 1.89 bits per heavy atom. The van der Waals surface area contributed by atoms with E-state index in [1.807, 2.05) is 0 Å². The van der Waals surface area contributed by atoms with Gasteiger partial charge in [0.25, 0.3) is 5.56 Å². The van der Waals surface area contributed by atoms with Crippen LogP contribution in [-0.4, -0.2) is 57.6 Å². The Morgan fingerprint density at radius 2 is 1.32 bits per heavy atom. The smallest absolute Gasteiger partial charge is 0.338 e. The number of halogens is 1. The van der Waals surface area contributed by atoms with Crippen LogP contribution < -0.4 is 5.56 Å². The molecule has 0 aliphatic carbocycles. The van der Waals surface area contributed by atoms with Crippen LogP contribution in [0.2, 0.25) is 5.02 Å². The van der Waals surface area contributed by atoms with Gasteiger partial charge in [-0.15, -0.1) is 16.4 Å². The first kappa shape index (κ1) is 29.2. The zero-order valence-corrected chi connectivity index (χ0v) is 24.2. The first-order valence-corrected chi connectivity index (χ1v) is 14.6. The van der Waals surface area contributed by atoms with Crippen molar-refractivity contribution in [3.05, 3.63) is 129 Å². The van der Waals surface area contributed by atoms with Crippen molar-refractivity contribution in [2.45, 2.75) is 24.5 Å². The molecule has 11 nitrogen and oxygen atoms in total. The van der Waals surface area contributed by atoms with Crippen LogP contribution in [0.15, 0.2) is 101 Å². The number of ether oxygens (including phenoxy) is 4. The first-order valence-electron chi connectivity index (χ1n) is 13.3. The minimum absolute atomic E-state index is 0.160. The molecule has 0 radical (unpaired) electrons. The van der Waals surface area contributed by atoms with Gasteiger partial charge in [0.1, 0.15) is 17.7 Å². The molecule has 4 atom stereocenters. The number of carbonyl (C=O) groups is 3. The van der Waals surface area contributed by atoms with Crippen molar-refractivity contribution in [3.8, 4) is 0 Å². The summed E-state index contributed by atoms with van der Waals surface area (Å²) in [5.41, 5.74) is 1.59. The molecule has 1 aliphatic heterocycles. The van der Waals surface area contributed by atoms with E-state index in [0.717, 1.165) is 16.0 Å². The molecular formula is C31H22ClN3O8S. The van der Waals surface area contributed by atoms with Crippen LogP contribution in [0.1, 0.15) is 37.3 Å². The lowest BCUT2D eigenvalue weighted by molar-refractivity contribution is -0.0688. The first-order chi connectivity index (χ1) is 21.4. The van der Waals surface area contributed by atoms with Gasteiger partial charge in [0.15, 0.2) is 24.1 Å². The maximum absolute atomic E-state index is 13.4. The van der Waals surface area contributed by atoms with Crippen molar-refractivity contribution in [2.75, 3.05) is 6.61 Å². The number of fused-ring (bicyclic) bond motifs is 1. The largest absolute Gasteiger partial charge is 0.459 e. The summed E-state index contributed by atoms with van der Waals surface area (Å²) < 4.78 is 24.7. The lowest BCUT2D eigenvalue weighted by Gasteiger charge is -2.24. The van der Waals surface area contributed by atoms with Gasteiger partial charge in [-0.1, -0.05) is 66.2 Å². The molecular weight excluding hydrogens is 610 g/mol. The highest BCUT2D eigenvalue weighted by Crippen LogP contribution is 2.35. The van der Waals surface area contributed by atoms with E-state index in [4.69, 9.17) is 30.5 Å². The average molecular weight is 632 g/mol. The zero-order valence-electron chi connectivity index (χ0n) is 22.6. The molecule has 0 saturated carbocycles. The topological polar surface area (TPSA) is 136 Å². The Hall–Kier alpha value is -4.91. The molecule has 5 aromatic rings. The third kappa shape index (κ3) is 5.95. The van der Waals surface area contributed by atoms with Crippen molar-refractivity contribution < 1.29 is 33.3 Å². The van der Waals surface area contributed by atoms with E-state index in [9.17, 15) is 19.2 Å². The molecule has 0 unspecified atom stereocenters. The second-order valence-electron chi connectivity index (χ2n) is 9.57. The van der Waals surface area contributed by atoms with Gasteiger partial charge in [-0.2, -0.15) is 4.68 Å². The standard InChI is InChI=1S/C31H22ClN3O8S/c32-22-25-26(33-17-44-25)34-35(27(22)36)28-24(43-31(39)20-14-8-3-9-15-20)23(42-30(38)19-12-6-2-7-13-19)21(41-28)16-40-29(37)18-10-4-1-5-11-18/h1-15,17,21,23-24,28H,16H2/t21-,23-,24-,28-/m1/s1. The second kappa shape index (κ2) is 12.8. The molecule has 13 heteroatoms. The second-order valence-corrected chi connectivity index (χ2v) is 10.8. The SMILES string of the molecule is O=C(OC[C@H]1O[C@@H](n2nc3ncsc3c(Cl)c2=O)[C@H](OC(=O)c2ccccc2)[C@@H]1OC(=O)c1ccccc1)c1ccccc1. The number of hydrogen-bond acceptors (Lipinski definition) is 11. The fourth-order valence-corrected chi connectivity index (χ4v) is 5.59. The zero-order chi connectivity index (χ0) is 30.6. The van der Waals surface area contributed by atoms with Gasteiger partial charge < -0.3 is 18.9 Å². The van der Waals surface area contributed by atoms with Gasteiger partial charge in [0, 0.05) is 0 Å². The fraction of sp³-hybridized carbons (Fsp3) is 0.161. The monoisotopic (exact) mass is 631 g/mol. The number of thiazole rings is 1. The predicted octanol–water partition coefficient (Wildman–Crippen LogP) is 4.71. The minimum atomic E-state index is -1.44. The van der Waals surface area contributed by atoms with E-state index in [0.29, 0.717) is 4.70 Å². The van der Waals surface area contributed by atoms with Crippen LogP contribution in [0.4, 0.5) is 0 Å². The van der Waals surface area contributed by atoms with E-state index in [2.05, 4.69) is 10.1 Å². The molecule has 0 amide bonds. The normalized spacial score (nSPS) is 19.4. The van der Waals surface area contributed by atoms with Gasteiger partial charge in [0.2, 0.25) is 0 Å². The Kier molecular flexibility index (Phi) is 8.46. The van der Waals surface area contributed by atoms with Crippen LogP contribution >= 0.6 is 22.9 Å². The van der Waals surface area contributed by atoms with Gasteiger partial charge in [-0.3, -0.25) is 4.79 Å². The van der Waals surface area contributed by atoms with Crippen LogP contribution in [0.3, 0.4) is 0 Å². The third-order valence-electron chi connectivity index (χ3n) is 6.77. The molecule has 1 saturated heterocycles. The lowest BCUT2D eigenvalue weighted by Crippen LogP contribution is -2.42. The number of benzene rings is 3. The summed E-state index contributed by atoms with van der Waals surface area (Å²) >= 11 is 7.52. The van der Waals surface area contributed by atoms with E-state index >= 15 is 0 Å². The lowest BCUT2D eigenvalue weighted by atomic mass is 10.1. The van der Waals surface area contributed by atoms with Crippen molar-refractivity contribution in [1.29, 1.82) is 0 Å². The fourth-order valence-electron chi connectivity index (χ4n) is 4.63. The van der Waals surface area contributed by atoms with Crippen molar-refractivity contribution in [2.24, 2.45) is 0 Å². The predicted molar refractivity (Wildman–Crippen MR) is 159 cm³/mol. The van der Waals surface area contributed by atoms with E-state index < -0.39 is 54.6 Å². The molecule has 0 bridgehead atoms. The number of aromatic nitrogens is 3. The van der Waals surface area contributed by atoms with Crippen LogP contribution in [0.5, 0.6) is 0 Å². The highest BCUT2D eigenvalue weighted by molar-refractivity contribution is 7.17. The van der Waals surface area contributed by atoms with Crippen molar-refractivity contribution >= 4 is 51.2 Å². The van der Waals surface area contributed by atoms with E-state index in [-0.39, 0.29) is 27.4 Å². The highest BCUT2D eigenvalue weighted by atomic mass is 35.5. The Balaban J connectivity index is 1.39. The van der Waals surface area contributed by atoms with Gasteiger partial charge >= 0.3 is 17.9 Å². The summed E-state index contributed by atoms with van der Waals surface area (Å²) in [4.78, 5) is 56.9. The number of carbonyl (C=O) groups excluding carboxylic acids is 3. The van der Waals surface area contributed by atoms with Gasteiger partial charge in [-0.05, 0) is 36.4 Å². The molecule has 222 valence electrons. The number of nitrogens with zero attached hydrogens (tertiary/aromatic N) is 3. The van der Waals surface area contributed by atoms with Crippen molar-refractivity contribution in [3.63, 3.8) is 0 Å². The highest BCUT2D eigenvalue weighted by Gasteiger charge is 2.52. The molecule has 2 aromatic heterocycles. The van der Waals surface area contributed by atoms with Crippen LogP contribution in [0, 0.1) is 0 Å². The molecule has 0 spiro atoms. The molecule has 3 aromatic carbocycles. The van der Waals surface area contributed by atoms with E-state index in [1.165, 1.54) is 5.51 Å². The Labute approximate surface area is 258 Å². The molecule has 1 fully saturated rings. The summed E-state index contributed by atoms with van der Waals surface area (Å²) in [6.07, 6.45) is -5.39.